The van der Waals surface area contributed by atoms with Gasteiger partial charge in [0.05, 0.1) is 5.52 Å². The molecule has 0 aliphatic rings. The van der Waals surface area contributed by atoms with Gasteiger partial charge in [0, 0.05) is 0 Å². The number of halogens is 1. The molecule has 0 spiro atoms. The van der Waals surface area contributed by atoms with Crippen LogP contribution in [-0.4, -0.2) is 16.0 Å². The van der Waals surface area contributed by atoms with E-state index in [0.29, 0.717) is 16.7 Å². The normalized spacial score (nSPS) is 9.92. The van der Waals surface area contributed by atoms with E-state index in [4.69, 9.17) is 0 Å². The number of carbonyl (C=O) groups excluding carboxylic acids is 1. The predicted octanol–water partition coefficient (Wildman–Crippen LogP) is 1.67. The molecule has 4 nitrogen and oxygen atoms in total. The van der Waals surface area contributed by atoms with E-state index in [0.717, 1.165) is 0 Å². The van der Waals surface area contributed by atoms with Gasteiger partial charge in [-0.05, 0) is 12.1 Å². The van der Waals surface area contributed by atoms with Gasteiger partial charge >= 0.3 is 0 Å². The number of hydrogen-bond donors (Lipinski definition) is 1. The van der Waals surface area contributed by atoms with Crippen molar-refractivity contribution in [2.45, 2.75) is 0 Å². The maximum atomic E-state index is 12.6. The van der Waals surface area contributed by atoms with Gasteiger partial charge in [-0.1, -0.05) is 6.07 Å². The molecular formula is C8H4FN3O. The maximum absolute atomic E-state index is 12.6. The van der Waals surface area contributed by atoms with Gasteiger partial charge in [0.15, 0.2) is 0 Å². The van der Waals surface area contributed by atoms with E-state index in [1.54, 1.807) is 18.2 Å². The van der Waals surface area contributed by atoms with E-state index in [2.05, 4.69) is 15.0 Å². The second-order valence-corrected chi connectivity index (χ2v) is 2.40. The summed E-state index contributed by atoms with van der Waals surface area (Å²) in [4.78, 5) is 19.3. The van der Waals surface area contributed by atoms with E-state index < -0.39 is 6.08 Å². The minimum atomic E-state index is -0.691. The highest BCUT2D eigenvalue weighted by Crippen LogP contribution is 2.22. The second-order valence-electron chi connectivity index (χ2n) is 2.40. The van der Waals surface area contributed by atoms with E-state index in [1.807, 2.05) is 0 Å². The molecule has 5 heteroatoms. The molecule has 0 aliphatic carbocycles. The van der Waals surface area contributed by atoms with Gasteiger partial charge in [-0.25, -0.2) is 4.79 Å². The minimum absolute atomic E-state index is 0.313. The van der Waals surface area contributed by atoms with E-state index in [1.165, 1.54) is 6.08 Å². The Bertz CT molecular complexity index is 499. The molecule has 0 amide bonds. The lowest BCUT2D eigenvalue weighted by molar-refractivity contribution is 0.556. The predicted molar refractivity (Wildman–Crippen MR) is 43.8 cm³/mol. The number of nitrogens with zero attached hydrogens (tertiary/aromatic N) is 2. The summed E-state index contributed by atoms with van der Waals surface area (Å²) in [5.74, 6) is 0. The number of aliphatic imine (C=N–C) groups is 1. The summed E-state index contributed by atoms with van der Waals surface area (Å²) < 4.78 is 12.6. The average Bonchev–Trinajstić information content (AvgIpc) is 2.47. The summed E-state index contributed by atoms with van der Waals surface area (Å²) in [6, 6.07) is 4.86. The summed E-state index contributed by atoms with van der Waals surface area (Å²) in [6.07, 6.45) is 0.693. The Morgan fingerprint density at radius 1 is 1.54 bits per heavy atom. The Balaban J connectivity index is 2.81. The molecule has 1 aromatic heterocycles. The van der Waals surface area contributed by atoms with Gasteiger partial charge in [-0.3, -0.25) is 0 Å². The fourth-order valence-electron chi connectivity index (χ4n) is 1.13. The number of nitrogens with one attached hydrogen (secondary N) is 1. The Labute approximate surface area is 72.1 Å². The lowest BCUT2D eigenvalue weighted by atomic mass is 10.3. The van der Waals surface area contributed by atoms with Crippen LogP contribution < -0.4 is 0 Å². The third-order valence-electron chi connectivity index (χ3n) is 1.63. The first-order chi connectivity index (χ1) is 6.31. The Kier molecular flexibility index (Phi) is 1.65. The molecule has 0 saturated heterocycles. The summed E-state index contributed by atoms with van der Waals surface area (Å²) in [5, 5.41) is 0. The molecular weight excluding hydrogens is 173 g/mol. The Morgan fingerprint density at radius 3 is 3.15 bits per heavy atom. The van der Waals surface area contributed by atoms with Crippen LogP contribution in [0.15, 0.2) is 23.2 Å². The van der Waals surface area contributed by atoms with Crippen molar-refractivity contribution in [3.05, 3.63) is 24.3 Å². The highest BCUT2D eigenvalue weighted by Gasteiger charge is 2.05. The molecule has 64 valence electrons. The van der Waals surface area contributed by atoms with Crippen molar-refractivity contribution >= 4 is 22.8 Å². The van der Waals surface area contributed by atoms with Gasteiger partial charge < -0.3 is 4.98 Å². The fraction of sp³-hybridized carbons (Fsp3) is 0. The molecule has 2 aromatic rings. The van der Waals surface area contributed by atoms with E-state index >= 15 is 0 Å². The summed E-state index contributed by atoms with van der Waals surface area (Å²) in [5.41, 5.74) is 1.16. The molecule has 0 fully saturated rings. The zero-order valence-electron chi connectivity index (χ0n) is 6.41. The lowest BCUT2D eigenvalue weighted by Gasteiger charge is -1.89. The highest BCUT2D eigenvalue weighted by molar-refractivity contribution is 5.87. The molecule has 0 unspecified atom stereocenters. The number of benzene rings is 1. The van der Waals surface area contributed by atoms with Crippen molar-refractivity contribution in [3.63, 3.8) is 0 Å². The molecule has 13 heavy (non-hydrogen) atoms. The maximum Gasteiger partial charge on any atom is 0.287 e. The molecule has 0 aliphatic heterocycles. The zero-order chi connectivity index (χ0) is 9.26. The number of rotatable bonds is 1. The number of aromatic amines is 1. The highest BCUT2D eigenvalue weighted by atomic mass is 19.1. The third-order valence-corrected chi connectivity index (χ3v) is 1.63. The SMILES string of the molecule is O=C=Nc1cccc2[nH]c(F)nc12. The fourth-order valence-corrected chi connectivity index (χ4v) is 1.13. The molecule has 0 radical (unpaired) electrons. The van der Waals surface area contributed by atoms with Crippen LogP contribution in [0.3, 0.4) is 0 Å². The summed E-state index contributed by atoms with van der Waals surface area (Å²) >= 11 is 0. The molecule has 0 saturated carbocycles. The number of isocyanates is 1. The second kappa shape index (κ2) is 2.80. The topological polar surface area (TPSA) is 58.1 Å². The smallest absolute Gasteiger partial charge is 0.287 e. The van der Waals surface area contributed by atoms with Crippen LogP contribution in [0.25, 0.3) is 11.0 Å². The van der Waals surface area contributed by atoms with Gasteiger partial charge in [-0.15, -0.1) is 0 Å². The number of hydrogen-bond acceptors (Lipinski definition) is 3. The van der Waals surface area contributed by atoms with E-state index in [-0.39, 0.29) is 0 Å². The molecule has 0 bridgehead atoms. The van der Waals surface area contributed by atoms with Crippen LogP contribution >= 0.6 is 0 Å². The van der Waals surface area contributed by atoms with Gasteiger partial charge in [-0.2, -0.15) is 14.4 Å². The van der Waals surface area contributed by atoms with Crippen molar-refractivity contribution in [2.75, 3.05) is 0 Å². The van der Waals surface area contributed by atoms with Crippen LogP contribution in [-0.2, 0) is 4.79 Å². The quantitative estimate of drug-likeness (QED) is 0.532. The molecule has 1 N–H and O–H groups in total. The van der Waals surface area contributed by atoms with Crippen LogP contribution in [0.4, 0.5) is 10.1 Å². The van der Waals surface area contributed by atoms with Crippen LogP contribution in [0.2, 0.25) is 0 Å². The number of H-pyrrole nitrogens is 1. The van der Waals surface area contributed by atoms with Crippen LogP contribution in [0.5, 0.6) is 0 Å². The molecule has 1 heterocycles. The Morgan fingerprint density at radius 2 is 2.38 bits per heavy atom. The zero-order valence-corrected chi connectivity index (χ0v) is 6.41. The first-order valence-electron chi connectivity index (χ1n) is 3.53. The minimum Gasteiger partial charge on any atom is -0.314 e. The summed E-state index contributed by atoms with van der Waals surface area (Å²) in [6.45, 7) is 0. The number of aromatic nitrogens is 2. The van der Waals surface area contributed by atoms with Crippen molar-refractivity contribution in [1.29, 1.82) is 0 Å². The number of fused-ring (bicyclic) bond motifs is 1. The van der Waals surface area contributed by atoms with Crippen molar-refractivity contribution in [1.82, 2.24) is 9.97 Å². The summed E-state index contributed by atoms with van der Waals surface area (Å²) in [7, 11) is 0. The number of para-hydroxylation sites is 1. The van der Waals surface area contributed by atoms with Crippen LogP contribution in [0.1, 0.15) is 0 Å². The first-order valence-corrected chi connectivity index (χ1v) is 3.53. The standard InChI is InChI=1S/C8H4FN3O/c9-8-11-6-3-1-2-5(10-4-13)7(6)12-8/h1-3H,(H,11,12). The third kappa shape index (κ3) is 1.21. The first kappa shape index (κ1) is 7.64. The molecule has 1 aromatic carbocycles. The Hall–Kier alpha value is -2.00. The van der Waals surface area contributed by atoms with Crippen molar-refractivity contribution in [2.24, 2.45) is 4.99 Å². The largest absolute Gasteiger partial charge is 0.314 e. The van der Waals surface area contributed by atoms with E-state index in [9.17, 15) is 9.18 Å². The van der Waals surface area contributed by atoms with Gasteiger partial charge in [0.2, 0.25) is 6.08 Å². The van der Waals surface area contributed by atoms with Crippen molar-refractivity contribution < 1.29 is 9.18 Å². The van der Waals surface area contributed by atoms with Crippen molar-refractivity contribution in [3.8, 4) is 0 Å². The molecule has 2 rings (SSSR count). The number of imidazole rings is 1. The van der Waals surface area contributed by atoms with Gasteiger partial charge in [0.1, 0.15) is 11.2 Å². The average molecular weight is 177 g/mol. The van der Waals surface area contributed by atoms with Gasteiger partial charge in [0.25, 0.3) is 6.08 Å². The van der Waals surface area contributed by atoms with Crippen LogP contribution in [0, 0.1) is 6.08 Å². The molecule has 0 atom stereocenters. The monoisotopic (exact) mass is 177 g/mol. The lowest BCUT2D eigenvalue weighted by Crippen LogP contribution is -1.71.